The van der Waals surface area contributed by atoms with Gasteiger partial charge in [0.15, 0.2) is 0 Å². The van der Waals surface area contributed by atoms with Gasteiger partial charge in [-0.25, -0.2) is 4.79 Å². The van der Waals surface area contributed by atoms with Crippen LogP contribution in [-0.2, 0) is 18.3 Å². The van der Waals surface area contributed by atoms with Gasteiger partial charge in [-0.15, -0.1) is 0 Å². The van der Waals surface area contributed by atoms with E-state index in [0.717, 1.165) is 44.9 Å². The molecule has 136 valence electrons. The first-order valence-electron chi connectivity index (χ1n) is 9.67. The van der Waals surface area contributed by atoms with E-state index in [0.29, 0.717) is 11.5 Å². The van der Waals surface area contributed by atoms with Gasteiger partial charge in [-0.05, 0) is 79.7 Å². The molecule has 3 nitrogen and oxygen atoms in total. The molecule has 3 atom stereocenters. The zero-order valence-electron chi connectivity index (χ0n) is 15.0. The van der Waals surface area contributed by atoms with Crippen molar-refractivity contribution in [2.24, 2.45) is 5.92 Å². The Morgan fingerprint density at radius 3 is 2.69 bits per heavy atom. The maximum atomic E-state index is 11.4. The van der Waals surface area contributed by atoms with E-state index in [9.17, 15) is 15.0 Å². The lowest BCUT2D eigenvalue weighted by molar-refractivity contribution is 0.0468. The molecule has 2 N–H and O–H groups in total. The van der Waals surface area contributed by atoms with Crippen LogP contribution in [0.1, 0.15) is 59.2 Å². The Bertz CT molecular complexity index is 798. The standard InChI is InChI=1S/C23H26O3/c24-20-11-12-23(15-16-5-2-1-3-6-16)19(14-20)8-4-7-17-13-18(22(25)26)9-10-21(17)23/h1-3,5-6,9-10,13,19-20,24H,4,7-8,11-12,14-15H2,(H,25,26)/t19-,20+,23-/m1/s1. The maximum absolute atomic E-state index is 11.4. The first-order valence-corrected chi connectivity index (χ1v) is 9.67. The number of hydrogen-bond acceptors (Lipinski definition) is 2. The van der Waals surface area contributed by atoms with Crippen molar-refractivity contribution in [2.45, 2.75) is 56.5 Å². The van der Waals surface area contributed by atoms with Gasteiger partial charge < -0.3 is 10.2 Å². The Hall–Kier alpha value is -2.13. The summed E-state index contributed by atoms with van der Waals surface area (Å²) in [5.74, 6) is -0.409. The molecule has 1 fully saturated rings. The summed E-state index contributed by atoms with van der Waals surface area (Å²) in [7, 11) is 0. The fraction of sp³-hybridized carbons (Fsp3) is 0.435. The summed E-state index contributed by atoms with van der Waals surface area (Å²) in [4.78, 5) is 11.4. The minimum Gasteiger partial charge on any atom is -0.478 e. The molecule has 0 unspecified atom stereocenters. The van der Waals surface area contributed by atoms with Gasteiger partial charge in [0.2, 0.25) is 0 Å². The van der Waals surface area contributed by atoms with Crippen molar-refractivity contribution in [2.75, 3.05) is 0 Å². The van der Waals surface area contributed by atoms with Crippen LogP contribution in [0.3, 0.4) is 0 Å². The number of benzene rings is 2. The second kappa shape index (κ2) is 6.88. The van der Waals surface area contributed by atoms with Crippen LogP contribution < -0.4 is 0 Å². The summed E-state index contributed by atoms with van der Waals surface area (Å²) in [5, 5.41) is 19.7. The second-order valence-corrected chi connectivity index (χ2v) is 8.01. The zero-order chi connectivity index (χ0) is 18.1. The summed E-state index contributed by atoms with van der Waals surface area (Å²) in [6.07, 6.45) is 6.49. The number of rotatable bonds is 3. The largest absolute Gasteiger partial charge is 0.478 e. The molecule has 0 aliphatic heterocycles. The monoisotopic (exact) mass is 350 g/mol. The molecule has 2 aliphatic rings. The van der Waals surface area contributed by atoms with Crippen LogP contribution in [0.25, 0.3) is 0 Å². The van der Waals surface area contributed by atoms with Gasteiger partial charge in [-0.3, -0.25) is 0 Å². The lowest BCUT2D eigenvalue weighted by Gasteiger charge is -2.46. The third-order valence-corrected chi connectivity index (χ3v) is 6.51. The molecule has 0 radical (unpaired) electrons. The predicted octanol–water partition coefficient (Wildman–Crippen LogP) is 4.36. The molecule has 0 saturated heterocycles. The third kappa shape index (κ3) is 3.05. The van der Waals surface area contributed by atoms with Crippen LogP contribution in [-0.4, -0.2) is 22.3 Å². The van der Waals surface area contributed by atoms with Gasteiger partial charge in [0.1, 0.15) is 0 Å². The Labute approximate surface area is 154 Å². The van der Waals surface area contributed by atoms with Crippen LogP contribution in [0, 0.1) is 5.92 Å². The summed E-state index contributed by atoms with van der Waals surface area (Å²) in [6.45, 7) is 0. The molecule has 2 aromatic rings. The molecule has 0 spiro atoms. The highest BCUT2D eigenvalue weighted by molar-refractivity contribution is 5.88. The first-order chi connectivity index (χ1) is 12.6. The molecule has 4 rings (SSSR count). The molecule has 26 heavy (non-hydrogen) atoms. The van der Waals surface area contributed by atoms with Crippen LogP contribution in [0.2, 0.25) is 0 Å². The van der Waals surface area contributed by atoms with Gasteiger partial charge in [0, 0.05) is 5.41 Å². The van der Waals surface area contributed by atoms with E-state index in [-0.39, 0.29) is 11.5 Å². The van der Waals surface area contributed by atoms with E-state index < -0.39 is 5.97 Å². The molecule has 2 aromatic carbocycles. The number of carboxylic acids is 1. The number of fused-ring (bicyclic) bond motifs is 3. The third-order valence-electron chi connectivity index (χ3n) is 6.51. The zero-order valence-corrected chi connectivity index (χ0v) is 15.0. The highest BCUT2D eigenvalue weighted by atomic mass is 16.4. The lowest BCUT2D eigenvalue weighted by Crippen LogP contribution is -2.43. The van der Waals surface area contributed by atoms with Gasteiger partial charge >= 0.3 is 5.97 Å². The number of carboxylic acid groups (broad SMARTS) is 1. The average molecular weight is 350 g/mol. The number of hydrogen-bond donors (Lipinski definition) is 2. The Morgan fingerprint density at radius 2 is 1.92 bits per heavy atom. The maximum Gasteiger partial charge on any atom is 0.335 e. The molecule has 0 aromatic heterocycles. The fourth-order valence-corrected chi connectivity index (χ4v) is 5.30. The Kier molecular flexibility index (Phi) is 4.58. The summed E-state index contributed by atoms with van der Waals surface area (Å²) < 4.78 is 0. The highest BCUT2D eigenvalue weighted by Gasteiger charge is 2.46. The highest BCUT2D eigenvalue weighted by Crippen LogP contribution is 2.51. The minimum absolute atomic E-state index is 0.00342. The lowest BCUT2D eigenvalue weighted by atomic mass is 9.58. The number of aliphatic hydroxyl groups is 1. The van der Waals surface area contributed by atoms with Crippen LogP contribution >= 0.6 is 0 Å². The van der Waals surface area contributed by atoms with Crippen molar-refractivity contribution in [3.63, 3.8) is 0 Å². The first kappa shape index (κ1) is 17.3. The number of aliphatic hydroxyl groups excluding tert-OH is 1. The van der Waals surface area contributed by atoms with Crippen molar-refractivity contribution < 1.29 is 15.0 Å². The van der Waals surface area contributed by atoms with E-state index >= 15 is 0 Å². The Balaban J connectivity index is 1.83. The Morgan fingerprint density at radius 1 is 1.12 bits per heavy atom. The fourth-order valence-electron chi connectivity index (χ4n) is 5.30. The molecule has 3 heteroatoms. The normalized spacial score (nSPS) is 27.9. The van der Waals surface area contributed by atoms with Gasteiger partial charge in [-0.1, -0.05) is 36.4 Å². The quantitative estimate of drug-likeness (QED) is 0.864. The molecular formula is C23H26O3. The summed E-state index contributed by atoms with van der Waals surface area (Å²) in [5.41, 5.74) is 4.22. The molecule has 0 heterocycles. The van der Waals surface area contributed by atoms with E-state index in [1.807, 2.05) is 12.1 Å². The smallest absolute Gasteiger partial charge is 0.335 e. The average Bonchev–Trinajstić information content (AvgIpc) is 2.79. The topological polar surface area (TPSA) is 57.5 Å². The summed E-state index contributed by atoms with van der Waals surface area (Å²) in [6, 6.07) is 16.3. The molecule has 0 amide bonds. The van der Waals surface area contributed by atoms with Crippen molar-refractivity contribution in [3.05, 3.63) is 70.8 Å². The van der Waals surface area contributed by atoms with Crippen LogP contribution in [0.5, 0.6) is 0 Å². The van der Waals surface area contributed by atoms with E-state index in [4.69, 9.17) is 0 Å². The van der Waals surface area contributed by atoms with Crippen molar-refractivity contribution in [1.82, 2.24) is 0 Å². The summed E-state index contributed by atoms with van der Waals surface area (Å²) >= 11 is 0. The number of carbonyl (C=O) groups is 1. The number of aryl methyl sites for hydroxylation is 1. The predicted molar refractivity (Wildman–Crippen MR) is 102 cm³/mol. The van der Waals surface area contributed by atoms with E-state index in [1.54, 1.807) is 6.07 Å². The van der Waals surface area contributed by atoms with Crippen LogP contribution in [0.4, 0.5) is 0 Å². The second-order valence-electron chi connectivity index (χ2n) is 8.01. The van der Waals surface area contributed by atoms with E-state index in [1.165, 1.54) is 16.7 Å². The van der Waals surface area contributed by atoms with Crippen LogP contribution in [0.15, 0.2) is 48.5 Å². The van der Waals surface area contributed by atoms with Gasteiger partial charge in [-0.2, -0.15) is 0 Å². The molecule has 0 bridgehead atoms. The van der Waals surface area contributed by atoms with Gasteiger partial charge in [0.25, 0.3) is 0 Å². The van der Waals surface area contributed by atoms with Crippen molar-refractivity contribution in [1.29, 1.82) is 0 Å². The molecule has 2 aliphatic carbocycles. The molecular weight excluding hydrogens is 324 g/mol. The number of aromatic carboxylic acids is 1. The minimum atomic E-state index is -0.857. The SMILES string of the molecule is O=C(O)c1ccc2c(c1)CCC[C@@H]1C[C@@H](O)CC[C@]21Cc1ccccc1. The van der Waals surface area contributed by atoms with Crippen molar-refractivity contribution >= 4 is 5.97 Å². The van der Waals surface area contributed by atoms with E-state index in [2.05, 4.69) is 30.3 Å². The molecule has 1 saturated carbocycles. The van der Waals surface area contributed by atoms with Gasteiger partial charge in [0.05, 0.1) is 11.7 Å². The van der Waals surface area contributed by atoms with Crippen molar-refractivity contribution in [3.8, 4) is 0 Å².